The largest absolute Gasteiger partial charge is 0.381 e. The molecule has 2 heterocycles. The summed E-state index contributed by atoms with van der Waals surface area (Å²) < 4.78 is 13.1. The highest BCUT2D eigenvalue weighted by Gasteiger charge is 2.56. The van der Waals surface area contributed by atoms with Gasteiger partial charge in [0.25, 0.3) is 5.91 Å². The van der Waals surface area contributed by atoms with Gasteiger partial charge >= 0.3 is 0 Å². The van der Waals surface area contributed by atoms with Crippen LogP contribution < -0.4 is 4.90 Å². The van der Waals surface area contributed by atoms with Gasteiger partial charge in [0.15, 0.2) is 0 Å². The lowest BCUT2D eigenvalue weighted by molar-refractivity contribution is -0.126. The lowest BCUT2D eigenvalue weighted by atomic mass is 9.94. The summed E-state index contributed by atoms with van der Waals surface area (Å²) in [5.41, 5.74) is 1.02. The first-order valence-corrected chi connectivity index (χ1v) is 8.05. The monoisotopic (exact) mass is 378 g/mol. The summed E-state index contributed by atoms with van der Waals surface area (Å²) in [4.78, 5) is 31.6. The molecule has 0 radical (unpaired) electrons. The molecule has 8 heteroatoms. The van der Waals surface area contributed by atoms with Crippen molar-refractivity contribution in [2.75, 3.05) is 4.90 Å². The minimum Gasteiger partial charge on any atom is -0.381 e. The van der Waals surface area contributed by atoms with Crippen LogP contribution in [0, 0.1) is 11.7 Å². The quantitative estimate of drug-likeness (QED) is 0.752. The highest BCUT2D eigenvalue weighted by molar-refractivity contribution is 6.39. The topological polar surface area (TPSA) is 59.0 Å². The lowest BCUT2D eigenvalue weighted by Crippen LogP contribution is -2.33. The van der Waals surface area contributed by atoms with Crippen LogP contribution in [0.2, 0.25) is 10.0 Å². The number of hydrogen-bond acceptors (Lipinski definition) is 4. The van der Waals surface area contributed by atoms with Gasteiger partial charge in [-0.25, -0.2) is 9.29 Å². The van der Waals surface area contributed by atoms with Crippen LogP contribution in [0.3, 0.4) is 0 Å². The van der Waals surface area contributed by atoms with E-state index in [1.54, 1.807) is 12.1 Å². The van der Waals surface area contributed by atoms with Gasteiger partial charge in [-0.15, -0.1) is 0 Å². The lowest BCUT2D eigenvalue weighted by Gasteiger charge is -2.15. The van der Waals surface area contributed by atoms with E-state index in [1.165, 1.54) is 30.3 Å². The maximum Gasteiger partial charge on any atom is 0.278 e. The van der Waals surface area contributed by atoms with Gasteiger partial charge in [-0.3, -0.25) is 9.59 Å². The average molecular weight is 379 g/mol. The predicted octanol–water partition coefficient (Wildman–Crippen LogP) is 3.43. The fourth-order valence-electron chi connectivity index (χ4n) is 2.94. The molecule has 0 spiro atoms. The van der Waals surface area contributed by atoms with E-state index < -0.39 is 29.7 Å². The predicted molar refractivity (Wildman–Crippen MR) is 90.3 cm³/mol. The van der Waals surface area contributed by atoms with Crippen molar-refractivity contribution in [3.63, 3.8) is 0 Å². The van der Waals surface area contributed by atoms with E-state index in [9.17, 15) is 14.0 Å². The van der Waals surface area contributed by atoms with Crippen molar-refractivity contribution in [3.8, 4) is 0 Å². The van der Waals surface area contributed by atoms with Crippen LogP contribution in [0.5, 0.6) is 0 Å². The van der Waals surface area contributed by atoms with Crippen LogP contribution in [-0.2, 0) is 14.4 Å². The molecule has 0 aromatic heterocycles. The second-order valence-corrected chi connectivity index (χ2v) is 6.44. The van der Waals surface area contributed by atoms with Gasteiger partial charge in [0.05, 0.1) is 10.7 Å². The number of nitrogens with zero attached hydrogens (tertiary/aromatic N) is 2. The number of hydrogen-bond donors (Lipinski definition) is 0. The summed E-state index contributed by atoms with van der Waals surface area (Å²) >= 11 is 12.1. The molecule has 4 rings (SSSR count). The summed E-state index contributed by atoms with van der Waals surface area (Å²) in [6, 6.07) is 9.82. The summed E-state index contributed by atoms with van der Waals surface area (Å²) in [5, 5.41) is 4.62. The van der Waals surface area contributed by atoms with Crippen molar-refractivity contribution in [1.29, 1.82) is 0 Å². The zero-order valence-corrected chi connectivity index (χ0v) is 14.0. The molecular formula is C17H9Cl2FN2O3. The number of amides is 2. The van der Waals surface area contributed by atoms with Gasteiger partial charge in [-0.1, -0.05) is 34.4 Å². The van der Waals surface area contributed by atoms with Gasteiger partial charge in [-0.05, 0) is 36.4 Å². The number of imide groups is 1. The third-order valence-corrected chi connectivity index (χ3v) is 4.65. The van der Waals surface area contributed by atoms with Crippen LogP contribution in [0.15, 0.2) is 47.6 Å². The van der Waals surface area contributed by atoms with E-state index in [4.69, 9.17) is 28.0 Å². The molecule has 2 aromatic rings. The Morgan fingerprint density at radius 2 is 1.76 bits per heavy atom. The van der Waals surface area contributed by atoms with Gasteiger partial charge in [0.1, 0.15) is 17.4 Å². The number of carbonyl (C=O) groups excluding carboxylic acids is 2. The Morgan fingerprint density at radius 1 is 1.04 bits per heavy atom. The van der Waals surface area contributed by atoms with Crippen LogP contribution in [0.4, 0.5) is 10.1 Å². The van der Waals surface area contributed by atoms with Crippen molar-refractivity contribution in [2.45, 2.75) is 6.10 Å². The summed E-state index contributed by atoms with van der Waals surface area (Å²) in [6.45, 7) is 0. The van der Waals surface area contributed by atoms with Crippen LogP contribution in [-0.4, -0.2) is 23.6 Å². The molecule has 0 bridgehead atoms. The molecule has 2 aromatic carbocycles. The summed E-state index contributed by atoms with van der Waals surface area (Å²) in [7, 11) is 0. The summed E-state index contributed by atoms with van der Waals surface area (Å²) in [6.07, 6.45) is -1.06. The third-order valence-electron chi connectivity index (χ3n) is 4.10. The zero-order valence-electron chi connectivity index (χ0n) is 12.4. The Kier molecular flexibility index (Phi) is 3.74. The first kappa shape index (κ1) is 16.1. The molecule has 2 atom stereocenters. The van der Waals surface area contributed by atoms with Gasteiger partial charge in [-0.2, -0.15) is 0 Å². The van der Waals surface area contributed by atoms with E-state index in [-0.39, 0.29) is 11.4 Å². The fraction of sp³-hybridized carbons (Fsp3) is 0.118. The molecule has 2 aliphatic heterocycles. The molecule has 1 fully saturated rings. The molecule has 0 unspecified atom stereocenters. The fourth-order valence-corrected chi connectivity index (χ4v) is 3.45. The van der Waals surface area contributed by atoms with Crippen molar-refractivity contribution in [1.82, 2.24) is 0 Å². The third kappa shape index (κ3) is 2.49. The average Bonchev–Trinajstić information content (AvgIpc) is 3.10. The number of anilines is 1. The number of halogens is 3. The maximum atomic E-state index is 13.1. The second-order valence-electron chi connectivity index (χ2n) is 5.59. The first-order valence-electron chi connectivity index (χ1n) is 7.30. The maximum absolute atomic E-state index is 13.1. The number of rotatable bonds is 2. The van der Waals surface area contributed by atoms with Crippen LogP contribution in [0.1, 0.15) is 5.56 Å². The number of carbonyl (C=O) groups is 2. The van der Waals surface area contributed by atoms with E-state index >= 15 is 0 Å². The van der Waals surface area contributed by atoms with Crippen molar-refractivity contribution in [2.24, 2.45) is 11.1 Å². The minimum atomic E-state index is -1.06. The molecular weight excluding hydrogens is 370 g/mol. The highest BCUT2D eigenvalue weighted by atomic mass is 35.5. The van der Waals surface area contributed by atoms with Crippen molar-refractivity contribution in [3.05, 3.63) is 63.9 Å². The molecule has 0 aliphatic carbocycles. The number of oxime groups is 1. The second kappa shape index (κ2) is 5.82. The van der Waals surface area contributed by atoms with E-state index in [1.807, 2.05) is 0 Å². The SMILES string of the molecule is O=C1[C@H]2C(c3ccc(Cl)cc3Cl)=NO[C@@H]2C(=O)N1c1ccc(F)cc1. The molecule has 2 aliphatic rings. The van der Waals surface area contributed by atoms with E-state index in [0.29, 0.717) is 15.6 Å². The van der Waals surface area contributed by atoms with Crippen molar-refractivity contribution < 1.29 is 18.8 Å². The molecule has 2 amide bonds. The Hall–Kier alpha value is -2.44. The Balaban J connectivity index is 1.72. The Bertz CT molecular complexity index is 930. The molecule has 126 valence electrons. The van der Waals surface area contributed by atoms with Gasteiger partial charge in [0, 0.05) is 10.6 Å². The smallest absolute Gasteiger partial charge is 0.278 e. The molecule has 0 saturated carbocycles. The molecule has 1 saturated heterocycles. The number of benzene rings is 2. The Labute approximate surface area is 151 Å². The van der Waals surface area contributed by atoms with Crippen molar-refractivity contribution >= 4 is 46.4 Å². The minimum absolute atomic E-state index is 0.273. The van der Waals surface area contributed by atoms with Gasteiger partial charge in [0.2, 0.25) is 12.0 Å². The van der Waals surface area contributed by atoms with Crippen LogP contribution in [0.25, 0.3) is 0 Å². The zero-order chi connectivity index (χ0) is 17.7. The molecule has 25 heavy (non-hydrogen) atoms. The van der Waals surface area contributed by atoms with E-state index in [2.05, 4.69) is 5.16 Å². The first-order chi connectivity index (χ1) is 12.0. The normalized spacial score (nSPS) is 22.0. The highest BCUT2D eigenvalue weighted by Crippen LogP contribution is 2.37. The summed E-state index contributed by atoms with van der Waals surface area (Å²) in [5.74, 6) is -2.42. The van der Waals surface area contributed by atoms with E-state index in [0.717, 1.165) is 4.90 Å². The van der Waals surface area contributed by atoms with Crippen LogP contribution >= 0.6 is 23.2 Å². The molecule has 5 nitrogen and oxygen atoms in total. The number of fused-ring (bicyclic) bond motifs is 1. The Morgan fingerprint density at radius 3 is 2.44 bits per heavy atom. The molecule has 0 N–H and O–H groups in total. The van der Waals surface area contributed by atoms with Gasteiger partial charge < -0.3 is 4.84 Å². The standard InChI is InChI=1S/C17H9Cl2FN2O3/c18-8-1-6-11(12(19)7-8)14-13-15(25-21-14)17(24)22(16(13)23)10-4-2-9(20)3-5-10/h1-7,13,15H/t13-,15-/m0/s1.